The zero-order chi connectivity index (χ0) is 19.1. The Labute approximate surface area is 159 Å². The fourth-order valence-electron chi connectivity index (χ4n) is 2.55. The first-order valence-electron chi connectivity index (χ1n) is 8.57. The number of ether oxygens (including phenoxy) is 1. The Bertz CT molecular complexity index is 953. The van der Waals surface area contributed by atoms with Gasteiger partial charge in [0.25, 0.3) is 0 Å². The van der Waals surface area contributed by atoms with E-state index in [1.165, 1.54) is 42.0 Å². The van der Waals surface area contributed by atoms with Crippen LogP contribution in [0.5, 0.6) is 11.5 Å². The number of hydrogen-bond donors (Lipinski definition) is 2. The van der Waals surface area contributed by atoms with Crippen molar-refractivity contribution in [1.82, 2.24) is 5.32 Å². The third-order valence-corrected chi connectivity index (χ3v) is 5.79. The highest BCUT2D eigenvalue weighted by Gasteiger charge is 2.17. The van der Waals surface area contributed by atoms with Crippen molar-refractivity contribution in [2.24, 2.45) is 0 Å². The number of phenolic OH excluding ortho intramolecular Hbond substituents is 1. The highest BCUT2D eigenvalue weighted by Crippen LogP contribution is 2.24. The predicted molar refractivity (Wildman–Crippen MR) is 104 cm³/mol. The molecule has 2 N–H and O–H groups in total. The molecular formula is C21H21NO4S. The summed E-state index contributed by atoms with van der Waals surface area (Å²) in [5.41, 5.74) is 1.21. The van der Waals surface area contributed by atoms with E-state index in [0.717, 1.165) is 6.54 Å². The second-order valence-corrected chi connectivity index (χ2v) is 7.93. The van der Waals surface area contributed by atoms with E-state index in [2.05, 4.69) is 17.4 Å². The average molecular weight is 383 g/mol. The van der Waals surface area contributed by atoms with Crippen LogP contribution in [-0.2, 0) is 16.4 Å². The van der Waals surface area contributed by atoms with Crippen molar-refractivity contribution in [3.05, 3.63) is 84.4 Å². The van der Waals surface area contributed by atoms with E-state index in [-0.39, 0.29) is 15.5 Å². The molecule has 5 nitrogen and oxygen atoms in total. The molecule has 0 unspecified atom stereocenters. The molecule has 0 aliphatic rings. The molecule has 0 radical (unpaired) electrons. The monoisotopic (exact) mass is 383 g/mol. The molecule has 0 amide bonds. The van der Waals surface area contributed by atoms with E-state index in [1.807, 2.05) is 18.2 Å². The summed E-state index contributed by atoms with van der Waals surface area (Å²) in [7, 11) is -3.61. The average Bonchev–Trinajstić information content (AvgIpc) is 2.69. The minimum atomic E-state index is -3.61. The third-order valence-electron chi connectivity index (χ3n) is 4.00. The van der Waals surface area contributed by atoms with Crippen LogP contribution in [0.1, 0.15) is 5.56 Å². The molecule has 3 aromatic rings. The molecule has 0 aliphatic carbocycles. The predicted octanol–water partition coefficient (Wildman–Crippen LogP) is 3.39. The van der Waals surface area contributed by atoms with E-state index in [9.17, 15) is 13.5 Å². The summed E-state index contributed by atoms with van der Waals surface area (Å²) in [6.07, 6.45) is 0. The van der Waals surface area contributed by atoms with Crippen LogP contribution in [0, 0.1) is 0 Å². The lowest BCUT2D eigenvalue weighted by Crippen LogP contribution is -2.20. The van der Waals surface area contributed by atoms with Crippen LogP contribution in [0.4, 0.5) is 0 Å². The summed E-state index contributed by atoms with van der Waals surface area (Å²) < 4.78 is 30.8. The summed E-state index contributed by atoms with van der Waals surface area (Å²) in [6, 6.07) is 21.9. The Balaban J connectivity index is 1.52. The van der Waals surface area contributed by atoms with E-state index < -0.39 is 9.84 Å². The van der Waals surface area contributed by atoms with Crippen LogP contribution in [0.15, 0.2) is 88.7 Å². The summed E-state index contributed by atoms with van der Waals surface area (Å²) >= 11 is 0. The second-order valence-electron chi connectivity index (χ2n) is 5.98. The van der Waals surface area contributed by atoms with Crippen LogP contribution in [-0.4, -0.2) is 26.7 Å². The second kappa shape index (κ2) is 8.70. The first-order valence-corrected chi connectivity index (χ1v) is 10.1. The lowest BCUT2D eigenvalue weighted by molar-refractivity contribution is 0.313. The van der Waals surface area contributed by atoms with Gasteiger partial charge in [0, 0.05) is 13.1 Å². The van der Waals surface area contributed by atoms with Gasteiger partial charge >= 0.3 is 0 Å². The molecule has 140 valence electrons. The van der Waals surface area contributed by atoms with Crippen molar-refractivity contribution in [3.63, 3.8) is 0 Å². The molecule has 0 bridgehead atoms. The summed E-state index contributed by atoms with van der Waals surface area (Å²) in [5.74, 6) is 0.639. The minimum absolute atomic E-state index is 0.0265. The van der Waals surface area contributed by atoms with Crippen molar-refractivity contribution in [3.8, 4) is 11.5 Å². The maximum Gasteiger partial charge on any atom is 0.206 e. The first-order chi connectivity index (χ1) is 13.1. The summed E-state index contributed by atoms with van der Waals surface area (Å²) in [4.78, 5) is 0.321. The molecule has 0 aliphatic heterocycles. The fourth-order valence-corrected chi connectivity index (χ4v) is 3.81. The van der Waals surface area contributed by atoms with Gasteiger partial charge in [-0.05, 0) is 54.1 Å². The number of phenols is 1. The zero-order valence-corrected chi connectivity index (χ0v) is 15.5. The Kier molecular flexibility index (Phi) is 6.11. The van der Waals surface area contributed by atoms with Gasteiger partial charge in [0.15, 0.2) is 0 Å². The molecule has 0 fully saturated rings. The number of benzene rings is 3. The van der Waals surface area contributed by atoms with Crippen molar-refractivity contribution in [1.29, 1.82) is 0 Å². The Hall–Kier alpha value is -2.83. The van der Waals surface area contributed by atoms with Crippen LogP contribution >= 0.6 is 0 Å². The van der Waals surface area contributed by atoms with Crippen LogP contribution in [0.3, 0.4) is 0 Å². The molecule has 0 aromatic heterocycles. The quantitative estimate of drug-likeness (QED) is 0.583. The summed E-state index contributed by atoms with van der Waals surface area (Å²) in [6.45, 7) is 1.94. The lowest BCUT2D eigenvalue weighted by Gasteiger charge is -2.09. The van der Waals surface area contributed by atoms with Crippen molar-refractivity contribution in [2.75, 3.05) is 13.2 Å². The van der Waals surface area contributed by atoms with E-state index in [4.69, 9.17) is 4.74 Å². The minimum Gasteiger partial charge on any atom is -0.508 e. The number of nitrogens with one attached hydrogen (secondary N) is 1. The van der Waals surface area contributed by atoms with Gasteiger partial charge in [-0.1, -0.05) is 30.3 Å². The van der Waals surface area contributed by atoms with Gasteiger partial charge in [-0.3, -0.25) is 0 Å². The van der Waals surface area contributed by atoms with Gasteiger partial charge in [-0.25, -0.2) is 8.42 Å². The molecule has 6 heteroatoms. The SMILES string of the molecule is O=S(=O)(c1ccc(O)cc1)c1ccc(OCCNCc2ccccc2)cc1. The molecule has 3 rings (SSSR count). The van der Waals surface area contributed by atoms with Crippen molar-refractivity contribution >= 4 is 9.84 Å². The van der Waals surface area contributed by atoms with E-state index in [1.54, 1.807) is 12.1 Å². The van der Waals surface area contributed by atoms with Crippen LogP contribution in [0.2, 0.25) is 0 Å². The Morgan fingerprint density at radius 3 is 2.04 bits per heavy atom. The smallest absolute Gasteiger partial charge is 0.206 e. The Morgan fingerprint density at radius 1 is 0.815 bits per heavy atom. The van der Waals surface area contributed by atoms with Crippen molar-refractivity contribution < 1.29 is 18.3 Å². The van der Waals surface area contributed by atoms with Gasteiger partial charge in [0.1, 0.15) is 18.1 Å². The normalized spacial score (nSPS) is 11.3. The van der Waals surface area contributed by atoms with E-state index in [0.29, 0.717) is 18.9 Å². The highest BCUT2D eigenvalue weighted by molar-refractivity contribution is 7.91. The first kappa shape index (κ1) is 18.9. The lowest BCUT2D eigenvalue weighted by atomic mass is 10.2. The molecule has 0 saturated heterocycles. The van der Waals surface area contributed by atoms with Gasteiger partial charge in [-0.15, -0.1) is 0 Å². The molecule has 0 heterocycles. The number of aromatic hydroxyl groups is 1. The number of sulfone groups is 1. The maximum atomic E-state index is 12.6. The molecule has 27 heavy (non-hydrogen) atoms. The Morgan fingerprint density at radius 2 is 1.41 bits per heavy atom. The standard InChI is InChI=1S/C21H21NO4S/c23-18-6-10-20(11-7-18)27(24,25)21-12-8-19(9-13-21)26-15-14-22-16-17-4-2-1-3-5-17/h1-13,22-23H,14-16H2. The van der Waals surface area contributed by atoms with Gasteiger partial charge < -0.3 is 15.2 Å². The molecule has 0 saturated carbocycles. The summed E-state index contributed by atoms with van der Waals surface area (Å²) in [5, 5.41) is 12.6. The molecule has 0 spiro atoms. The number of rotatable bonds is 8. The highest BCUT2D eigenvalue weighted by atomic mass is 32.2. The van der Waals surface area contributed by atoms with Crippen LogP contribution in [0.25, 0.3) is 0 Å². The van der Waals surface area contributed by atoms with Gasteiger partial charge in [0.05, 0.1) is 9.79 Å². The zero-order valence-electron chi connectivity index (χ0n) is 14.7. The number of hydrogen-bond acceptors (Lipinski definition) is 5. The van der Waals surface area contributed by atoms with Gasteiger partial charge in [0.2, 0.25) is 9.84 Å². The molecule has 0 atom stereocenters. The molecule has 3 aromatic carbocycles. The molecular weight excluding hydrogens is 362 g/mol. The largest absolute Gasteiger partial charge is 0.508 e. The topological polar surface area (TPSA) is 75.6 Å². The third kappa shape index (κ3) is 5.09. The van der Waals surface area contributed by atoms with E-state index >= 15 is 0 Å². The van der Waals surface area contributed by atoms with Crippen LogP contribution < -0.4 is 10.1 Å². The van der Waals surface area contributed by atoms with Gasteiger partial charge in [-0.2, -0.15) is 0 Å². The maximum absolute atomic E-state index is 12.6. The van der Waals surface area contributed by atoms with Crippen molar-refractivity contribution in [2.45, 2.75) is 16.3 Å². The fraction of sp³-hybridized carbons (Fsp3) is 0.143.